The Morgan fingerprint density at radius 3 is 2.35 bits per heavy atom. The van der Waals surface area contributed by atoms with Crippen molar-refractivity contribution in [3.8, 4) is 0 Å². The molecule has 0 heterocycles. The molecule has 0 saturated heterocycles. The van der Waals surface area contributed by atoms with Gasteiger partial charge in [0, 0.05) is 24.4 Å². The molecule has 0 aromatic heterocycles. The van der Waals surface area contributed by atoms with Gasteiger partial charge in [-0.05, 0) is 18.2 Å². The summed E-state index contributed by atoms with van der Waals surface area (Å²) >= 11 is 0. The number of carbonyl (C=O) groups excluding carboxylic acids is 1. The van der Waals surface area contributed by atoms with Crippen molar-refractivity contribution in [3.05, 3.63) is 48.1 Å². The van der Waals surface area contributed by atoms with Crippen molar-refractivity contribution >= 4 is 5.91 Å². The molecule has 1 aromatic rings. The van der Waals surface area contributed by atoms with E-state index in [9.17, 15) is 22.4 Å². The Kier molecular flexibility index (Phi) is 3.83. The quantitative estimate of drug-likeness (QED) is 0.615. The molecule has 20 heavy (non-hydrogen) atoms. The smallest absolute Gasteiger partial charge is 0.252 e. The molecular formula is C14H13F4NO. The third-order valence-corrected chi connectivity index (χ3v) is 3.36. The summed E-state index contributed by atoms with van der Waals surface area (Å²) in [5.74, 6) is -5.05. The molecule has 1 aliphatic rings. The lowest BCUT2D eigenvalue weighted by Crippen LogP contribution is -2.52. The number of alkyl halides is 2. The minimum Gasteiger partial charge on any atom is -0.331 e. The van der Waals surface area contributed by atoms with Crippen LogP contribution >= 0.6 is 0 Å². The molecule has 1 aromatic carbocycles. The van der Waals surface area contributed by atoms with Gasteiger partial charge in [0.05, 0.1) is 6.54 Å². The average Bonchev–Trinajstić information content (AvgIpc) is 2.35. The predicted octanol–water partition coefficient (Wildman–Crippen LogP) is 3.28. The van der Waals surface area contributed by atoms with Crippen LogP contribution < -0.4 is 0 Å². The molecule has 0 atom stereocenters. The third kappa shape index (κ3) is 2.84. The second-order valence-corrected chi connectivity index (χ2v) is 4.79. The molecule has 108 valence electrons. The molecule has 0 unspecified atom stereocenters. The number of halogens is 4. The molecule has 0 N–H and O–H groups in total. The van der Waals surface area contributed by atoms with Crippen LogP contribution in [-0.2, 0) is 11.3 Å². The zero-order chi connectivity index (χ0) is 14.9. The molecule has 1 aliphatic carbocycles. The first-order valence-corrected chi connectivity index (χ1v) is 6.08. The van der Waals surface area contributed by atoms with Crippen molar-refractivity contribution in [1.29, 1.82) is 0 Å². The lowest BCUT2D eigenvalue weighted by Gasteiger charge is -2.42. The summed E-state index contributed by atoms with van der Waals surface area (Å²) in [5, 5.41) is 0. The van der Waals surface area contributed by atoms with E-state index in [0.29, 0.717) is 0 Å². The van der Waals surface area contributed by atoms with Gasteiger partial charge in [-0.1, -0.05) is 12.6 Å². The number of benzene rings is 1. The maximum atomic E-state index is 13.6. The molecule has 0 bridgehead atoms. The Hall–Kier alpha value is -1.85. The molecule has 0 spiro atoms. The first kappa shape index (κ1) is 14.6. The molecule has 2 rings (SSSR count). The van der Waals surface area contributed by atoms with E-state index in [-0.39, 0.29) is 12.1 Å². The van der Waals surface area contributed by atoms with E-state index in [1.54, 1.807) is 0 Å². The van der Waals surface area contributed by atoms with Crippen LogP contribution in [0.25, 0.3) is 0 Å². The fourth-order valence-corrected chi connectivity index (χ4v) is 2.21. The number of hydrogen-bond acceptors (Lipinski definition) is 1. The number of carbonyl (C=O) groups is 1. The van der Waals surface area contributed by atoms with Crippen LogP contribution in [0.3, 0.4) is 0 Å². The van der Waals surface area contributed by atoms with Crippen molar-refractivity contribution in [3.63, 3.8) is 0 Å². The predicted molar refractivity (Wildman–Crippen MR) is 65.1 cm³/mol. The zero-order valence-corrected chi connectivity index (χ0v) is 10.6. The van der Waals surface area contributed by atoms with E-state index in [2.05, 4.69) is 6.58 Å². The van der Waals surface area contributed by atoms with E-state index >= 15 is 0 Å². The lowest BCUT2D eigenvalue weighted by atomic mass is 9.86. The Bertz CT molecular complexity index is 516. The standard InChI is InChI=1S/C14H13F4NO/c1-2-13(20)19(9-6-14(17,18)7-9)8-10-11(15)4-3-5-12(10)16/h2-5,9H,1,6-8H2. The van der Waals surface area contributed by atoms with Crippen LogP contribution in [0.4, 0.5) is 17.6 Å². The van der Waals surface area contributed by atoms with Gasteiger partial charge in [0.2, 0.25) is 5.91 Å². The molecule has 0 radical (unpaired) electrons. The van der Waals surface area contributed by atoms with Crippen molar-refractivity contribution in [1.82, 2.24) is 4.90 Å². The van der Waals surface area contributed by atoms with Gasteiger partial charge in [-0.15, -0.1) is 0 Å². The highest BCUT2D eigenvalue weighted by atomic mass is 19.3. The minimum absolute atomic E-state index is 0.307. The Balaban J connectivity index is 2.21. The normalized spacial score (nSPS) is 17.4. The second kappa shape index (κ2) is 5.26. The van der Waals surface area contributed by atoms with E-state index in [1.165, 1.54) is 6.07 Å². The van der Waals surface area contributed by atoms with Gasteiger partial charge in [0.25, 0.3) is 5.92 Å². The highest BCUT2D eigenvalue weighted by molar-refractivity contribution is 5.87. The zero-order valence-electron chi connectivity index (χ0n) is 10.6. The Morgan fingerprint density at radius 1 is 1.35 bits per heavy atom. The summed E-state index contributed by atoms with van der Waals surface area (Å²) in [5.41, 5.74) is -0.307. The van der Waals surface area contributed by atoms with E-state index in [4.69, 9.17) is 0 Å². The molecule has 1 amide bonds. The van der Waals surface area contributed by atoms with Crippen LogP contribution in [-0.4, -0.2) is 22.8 Å². The first-order valence-electron chi connectivity index (χ1n) is 6.08. The molecule has 2 nitrogen and oxygen atoms in total. The van der Waals surface area contributed by atoms with Crippen molar-refractivity contribution in [2.75, 3.05) is 0 Å². The third-order valence-electron chi connectivity index (χ3n) is 3.36. The maximum Gasteiger partial charge on any atom is 0.252 e. The summed E-state index contributed by atoms with van der Waals surface area (Å²) in [7, 11) is 0. The average molecular weight is 287 g/mol. The van der Waals surface area contributed by atoms with Crippen molar-refractivity contribution in [2.45, 2.75) is 31.4 Å². The Morgan fingerprint density at radius 2 is 1.90 bits per heavy atom. The monoisotopic (exact) mass is 287 g/mol. The van der Waals surface area contributed by atoms with E-state index in [0.717, 1.165) is 23.1 Å². The summed E-state index contributed by atoms with van der Waals surface area (Å²) in [6.45, 7) is 2.89. The van der Waals surface area contributed by atoms with Gasteiger partial charge in [-0.3, -0.25) is 4.79 Å². The highest BCUT2D eigenvalue weighted by Crippen LogP contribution is 2.41. The molecule has 6 heteroatoms. The molecule has 0 aliphatic heterocycles. The van der Waals surface area contributed by atoms with Crippen LogP contribution in [0.1, 0.15) is 18.4 Å². The van der Waals surface area contributed by atoms with Crippen LogP contribution in [0.5, 0.6) is 0 Å². The van der Waals surface area contributed by atoms with E-state index in [1.807, 2.05) is 0 Å². The molecule has 1 saturated carbocycles. The van der Waals surface area contributed by atoms with Crippen LogP contribution in [0.15, 0.2) is 30.9 Å². The van der Waals surface area contributed by atoms with Gasteiger partial charge in [0.1, 0.15) is 11.6 Å². The van der Waals surface area contributed by atoms with Gasteiger partial charge >= 0.3 is 0 Å². The van der Waals surface area contributed by atoms with Crippen LogP contribution in [0.2, 0.25) is 0 Å². The number of nitrogens with zero attached hydrogens (tertiary/aromatic N) is 1. The summed E-state index contributed by atoms with van der Waals surface area (Å²) in [4.78, 5) is 12.7. The fraction of sp³-hybridized carbons (Fsp3) is 0.357. The molecular weight excluding hydrogens is 274 g/mol. The van der Waals surface area contributed by atoms with Crippen molar-refractivity contribution in [2.24, 2.45) is 0 Å². The summed E-state index contributed by atoms with van der Waals surface area (Å²) in [6, 6.07) is 2.59. The van der Waals surface area contributed by atoms with Gasteiger partial charge < -0.3 is 4.90 Å². The Labute approximate surface area is 113 Å². The van der Waals surface area contributed by atoms with Crippen molar-refractivity contribution < 1.29 is 22.4 Å². The number of amides is 1. The SMILES string of the molecule is C=CC(=O)N(Cc1c(F)cccc1F)C1CC(F)(F)C1. The van der Waals surface area contributed by atoms with Gasteiger partial charge in [0.15, 0.2) is 0 Å². The topological polar surface area (TPSA) is 20.3 Å². The van der Waals surface area contributed by atoms with Crippen LogP contribution in [0, 0.1) is 11.6 Å². The summed E-state index contributed by atoms with van der Waals surface area (Å²) in [6.07, 6.45) is -0.0412. The number of hydrogen-bond donors (Lipinski definition) is 0. The second-order valence-electron chi connectivity index (χ2n) is 4.79. The summed E-state index contributed by atoms with van der Waals surface area (Å²) < 4.78 is 52.9. The first-order chi connectivity index (χ1) is 9.34. The lowest BCUT2D eigenvalue weighted by molar-refractivity contribution is -0.150. The fourth-order valence-electron chi connectivity index (χ4n) is 2.21. The largest absolute Gasteiger partial charge is 0.331 e. The molecule has 1 fully saturated rings. The van der Waals surface area contributed by atoms with Gasteiger partial charge in [-0.25, -0.2) is 17.6 Å². The van der Waals surface area contributed by atoms with E-state index < -0.39 is 42.3 Å². The maximum absolute atomic E-state index is 13.6. The number of rotatable bonds is 4. The highest BCUT2D eigenvalue weighted by Gasteiger charge is 2.48. The minimum atomic E-state index is -2.82. The van der Waals surface area contributed by atoms with Gasteiger partial charge in [-0.2, -0.15) is 0 Å².